The second kappa shape index (κ2) is 4.68. The number of rotatable bonds is 1. The highest BCUT2D eigenvalue weighted by Gasteiger charge is 2.10. The van der Waals surface area contributed by atoms with Crippen LogP contribution in [0.4, 0.5) is 0 Å². The van der Waals surface area contributed by atoms with Gasteiger partial charge in [0.15, 0.2) is 0 Å². The number of nitrogens with one attached hydrogen (secondary N) is 1. The highest BCUT2D eigenvalue weighted by molar-refractivity contribution is 6.11. The van der Waals surface area contributed by atoms with E-state index in [1.807, 2.05) is 12.4 Å². The Balaban J connectivity index is 1.92. The minimum Gasteiger partial charge on any atom is -0.361 e. The first-order chi connectivity index (χ1) is 11.4. The predicted molar refractivity (Wildman–Crippen MR) is 96.5 cm³/mol. The van der Waals surface area contributed by atoms with Gasteiger partial charge in [0.2, 0.25) is 0 Å². The number of para-hydroxylation sites is 2. The van der Waals surface area contributed by atoms with Crippen LogP contribution in [0, 0.1) is 0 Å². The number of H-pyrrole nitrogens is 1. The number of aromatic nitrogens is 2. The van der Waals surface area contributed by atoms with E-state index in [-0.39, 0.29) is 0 Å². The fraction of sp³-hybridized carbons (Fsp3) is 0. The largest absolute Gasteiger partial charge is 0.361 e. The zero-order chi connectivity index (χ0) is 15.2. The molecule has 0 saturated heterocycles. The van der Waals surface area contributed by atoms with E-state index in [2.05, 4.69) is 71.7 Å². The van der Waals surface area contributed by atoms with Crippen LogP contribution in [-0.4, -0.2) is 9.97 Å². The second-order valence-electron chi connectivity index (χ2n) is 5.79. The maximum absolute atomic E-state index is 4.76. The average Bonchev–Trinajstić information content (AvgIpc) is 3.10. The molecule has 5 aromatic rings. The molecule has 0 unspecified atom stereocenters. The molecule has 0 amide bonds. The Kier molecular flexibility index (Phi) is 2.53. The third-order valence-corrected chi connectivity index (χ3v) is 4.50. The summed E-state index contributed by atoms with van der Waals surface area (Å²) in [5.74, 6) is 0. The maximum Gasteiger partial charge on any atom is 0.0787 e. The number of pyridine rings is 1. The quantitative estimate of drug-likeness (QED) is 0.404. The monoisotopic (exact) mass is 294 g/mol. The molecule has 108 valence electrons. The molecular formula is C21H14N2. The Morgan fingerprint density at radius 3 is 2.43 bits per heavy atom. The Morgan fingerprint density at radius 2 is 1.43 bits per heavy atom. The van der Waals surface area contributed by atoms with Crippen molar-refractivity contribution >= 4 is 32.6 Å². The van der Waals surface area contributed by atoms with Crippen LogP contribution in [0.2, 0.25) is 0 Å². The van der Waals surface area contributed by atoms with Crippen LogP contribution in [-0.2, 0) is 0 Å². The molecule has 0 bridgehead atoms. The molecule has 2 heterocycles. The summed E-state index contributed by atoms with van der Waals surface area (Å²) >= 11 is 0. The van der Waals surface area contributed by atoms with Gasteiger partial charge in [0.25, 0.3) is 0 Å². The molecule has 0 atom stereocenters. The smallest absolute Gasteiger partial charge is 0.0787 e. The lowest BCUT2D eigenvalue weighted by Gasteiger charge is -2.09. The van der Waals surface area contributed by atoms with Gasteiger partial charge in [-0.25, -0.2) is 0 Å². The van der Waals surface area contributed by atoms with E-state index in [9.17, 15) is 0 Å². The highest BCUT2D eigenvalue weighted by atomic mass is 14.7. The Hall–Kier alpha value is -3.13. The first-order valence-corrected chi connectivity index (χ1v) is 7.75. The number of nitrogens with zero attached hydrogens (tertiary/aromatic N) is 1. The topological polar surface area (TPSA) is 28.7 Å². The summed E-state index contributed by atoms with van der Waals surface area (Å²) in [7, 11) is 0. The van der Waals surface area contributed by atoms with E-state index in [0.717, 1.165) is 11.0 Å². The average molecular weight is 294 g/mol. The Bertz CT molecular complexity index is 1170. The lowest BCUT2D eigenvalue weighted by Crippen LogP contribution is -1.87. The van der Waals surface area contributed by atoms with Crippen LogP contribution in [0.15, 0.2) is 79.1 Å². The normalized spacial score (nSPS) is 11.5. The van der Waals surface area contributed by atoms with Crippen LogP contribution in [0.5, 0.6) is 0 Å². The molecule has 0 saturated carbocycles. The molecule has 0 radical (unpaired) electrons. The van der Waals surface area contributed by atoms with Gasteiger partial charge < -0.3 is 4.98 Å². The lowest BCUT2D eigenvalue weighted by atomic mass is 9.98. The van der Waals surface area contributed by atoms with Gasteiger partial charge in [-0.05, 0) is 16.8 Å². The van der Waals surface area contributed by atoms with Gasteiger partial charge in [-0.1, -0.05) is 60.7 Å². The van der Waals surface area contributed by atoms with Crippen molar-refractivity contribution in [2.24, 2.45) is 0 Å². The van der Waals surface area contributed by atoms with Crippen molar-refractivity contribution in [3.05, 3.63) is 79.1 Å². The number of hydrogen-bond donors (Lipinski definition) is 1. The predicted octanol–water partition coefficient (Wildman–Crippen LogP) is 5.54. The molecule has 0 aliphatic heterocycles. The van der Waals surface area contributed by atoms with Gasteiger partial charge >= 0.3 is 0 Å². The van der Waals surface area contributed by atoms with Crippen LogP contribution in [0.1, 0.15) is 0 Å². The number of aromatic amines is 1. The maximum atomic E-state index is 4.76. The summed E-state index contributed by atoms with van der Waals surface area (Å²) in [6.07, 6.45) is 3.96. The molecule has 5 rings (SSSR count). The first kappa shape index (κ1) is 12.4. The van der Waals surface area contributed by atoms with E-state index >= 15 is 0 Å². The van der Waals surface area contributed by atoms with Gasteiger partial charge in [0, 0.05) is 34.3 Å². The number of hydrogen-bond acceptors (Lipinski definition) is 1. The molecule has 1 N–H and O–H groups in total. The summed E-state index contributed by atoms with van der Waals surface area (Å²) in [4.78, 5) is 8.12. The zero-order valence-corrected chi connectivity index (χ0v) is 12.5. The van der Waals surface area contributed by atoms with E-state index in [4.69, 9.17) is 4.98 Å². The molecular weight excluding hydrogens is 280 g/mol. The summed E-state index contributed by atoms with van der Waals surface area (Å²) < 4.78 is 0. The van der Waals surface area contributed by atoms with E-state index in [1.54, 1.807) is 0 Å². The van der Waals surface area contributed by atoms with Crippen molar-refractivity contribution in [3.63, 3.8) is 0 Å². The molecule has 0 aliphatic rings. The third kappa shape index (κ3) is 1.78. The minimum absolute atomic E-state index is 1.05. The van der Waals surface area contributed by atoms with Crippen LogP contribution in [0.25, 0.3) is 43.7 Å². The van der Waals surface area contributed by atoms with Gasteiger partial charge in [0.1, 0.15) is 0 Å². The summed E-state index contributed by atoms with van der Waals surface area (Å²) in [5.41, 5.74) is 4.57. The Labute approximate surface area is 133 Å². The molecule has 2 heteroatoms. The number of fused-ring (bicyclic) bond motifs is 4. The summed E-state index contributed by atoms with van der Waals surface area (Å²) in [5, 5.41) is 4.85. The fourth-order valence-electron chi connectivity index (χ4n) is 3.42. The van der Waals surface area contributed by atoms with E-state index < -0.39 is 0 Å². The SMILES string of the molecule is c1cc(-c2cccc3c2ncc2ccccc23)c2[nH]ccc2c1. The lowest BCUT2D eigenvalue weighted by molar-refractivity contribution is 1.43. The van der Waals surface area contributed by atoms with Gasteiger partial charge in [-0.15, -0.1) is 0 Å². The molecule has 3 aromatic carbocycles. The molecule has 2 nitrogen and oxygen atoms in total. The van der Waals surface area contributed by atoms with Crippen LogP contribution in [0.3, 0.4) is 0 Å². The zero-order valence-electron chi connectivity index (χ0n) is 12.5. The van der Waals surface area contributed by atoms with Gasteiger partial charge in [-0.2, -0.15) is 0 Å². The van der Waals surface area contributed by atoms with Gasteiger partial charge in [0.05, 0.1) is 11.0 Å². The van der Waals surface area contributed by atoms with E-state index in [1.165, 1.54) is 32.7 Å². The molecule has 23 heavy (non-hydrogen) atoms. The van der Waals surface area contributed by atoms with Crippen LogP contribution >= 0.6 is 0 Å². The van der Waals surface area contributed by atoms with Crippen molar-refractivity contribution in [2.45, 2.75) is 0 Å². The molecule has 0 spiro atoms. The van der Waals surface area contributed by atoms with Crippen molar-refractivity contribution < 1.29 is 0 Å². The van der Waals surface area contributed by atoms with Crippen molar-refractivity contribution in [1.29, 1.82) is 0 Å². The summed E-state index contributed by atoms with van der Waals surface area (Å²) in [6.45, 7) is 0. The molecule has 2 aromatic heterocycles. The van der Waals surface area contributed by atoms with E-state index in [0.29, 0.717) is 0 Å². The standard InChI is InChI=1S/C21H14N2/c1-2-7-16-15(5-1)13-23-21-17(16)9-4-10-19(21)18-8-3-6-14-11-12-22-20(14)18/h1-13,22H. The first-order valence-electron chi connectivity index (χ1n) is 7.75. The van der Waals surface area contributed by atoms with Crippen molar-refractivity contribution in [1.82, 2.24) is 9.97 Å². The number of benzene rings is 3. The minimum atomic E-state index is 1.05. The van der Waals surface area contributed by atoms with Crippen molar-refractivity contribution in [3.8, 4) is 11.1 Å². The fourth-order valence-corrected chi connectivity index (χ4v) is 3.42. The third-order valence-electron chi connectivity index (χ3n) is 4.50. The molecule has 0 fully saturated rings. The second-order valence-corrected chi connectivity index (χ2v) is 5.79. The Morgan fingerprint density at radius 1 is 0.652 bits per heavy atom. The van der Waals surface area contributed by atoms with Crippen LogP contribution < -0.4 is 0 Å². The highest BCUT2D eigenvalue weighted by Crippen LogP contribution is 2.34. The summed E-state index contributed by atoms with van der Waals surface area (Å²) in [6, 6.07) is 23.3. The van der Waals surface area contributed by atoms with Crippen molar-refractivity contribution in [2.75, 3.05) is 0 Å². The molecule has 0 aliphatic carbocycles. The van der Waals surface area contributed by atoms with Gasteiger partial charge in [-0.3, -0.25) is 4.98 Å².